The van der Waals surface area contributed by atoms with Gasteiger partial charge in [-0.25, -0.2) is 9.78 Å². The van der Waals surface area contributed by atoms with Crippen LogP contribution in [0.25, 0.3) is 0 Å². The summed E-state index contributed by atoms with van der Waals surface area (Å²) in [6, 6.07) is 0. The molecule has 0 radical (unpaired) electrons. The van der Waals surface area contributed by atoms with Crippen molar-refractivity contribution in [2.75, 3.05) is 31.6 Å². The normalized spacial score (nSPS) is 27.7. The molecule has 0 bridgehead atoms. The molecule has 2 fully saturated rings. The maximum Gasteiger partial charge on any atom is 0.410 e. The first-order valence-electron chi connectivity index (χ1n) is 6.14. The topological polar surface area (TPSA) is 58.6 Å². The summed E-state index contributed by atoms with van der Waals surface area (Å²) in [6.07, 6.45) is 6.78. The smallest absolute Gasteiger partial charge is 0.410 e. The minimum absolute atomic E-state index is 0.226. The Morgan fingerprint density at radius 2 is 2.28 bits per heavy atom. The molecule has 2 aliphatic heterocycles. The van der Waals surface area contributed by atoms with Crippen LogP contribution < -0.4 is 4.90 Å². The number of aromatic nitrogens is 2. The van der Waals surface area contributed by atoms with Crippen molar-refractivity contribution in [3.63, 3.8) is 0 Å². The van der Waals surface area contributed by atoms with Crippen LogP contribution in [0.1, 0.15) is 12.8 Å². The molecule has 6 nitrogen and oxygen atoms in total. The van der Waals surface area contributed by atoms with Crippen LogP contribution in [0.4, 0.5) is 10.6 Å². The SMILES string of the molecule is CN1C[C@@]2(CCCN(c3cnccn3)C2)OC1=O. The number of hydrogen-bond acceptors (Lipinski definition) is 5. The Morgan fingerprint density at radius 3 is 2.94 bits per heavy atom. The van der Waals surface area contributed by atoms with Crippen molar-refractivity contribution in [3.8, 4) is 0 Å². The quantitative estimate of drug-likeness (QED) is 0.739. The van der Waals surface area contributed by atoms with Crippen molar-refractivity contribution in [1.82, 2.24) is 14.9 Å². The number of amides is 1. The van der Waals surface area contributed by atoms with Crippen LogP contribution in [-0.2, 0) is 4.74 Å². The minimum atomic E-state index is -0.373. The third-order valence-electron chi connectivity index (χ3n) is 3.55. The molecule has 2 saturated heterocycles. The molecule has 1 aromatic rings. The fourth-order valence-corrected chi connectivity index (χ4v) is 2.75. The minimum Gasteiger partial charge on any atom is -0.439 e. The number of carbonyl (C=O) groups excluding carboxylic acids is 1. The van der Waals surface area contributed by atoms with E-state index in [-0.39, 0.29) is 11.7 Å². The van der Waals surface area contributed by atoms with Crippen molar-refractivity contribution in [2.24, 2.45) is 0 Å². The van der Waals surface area contributed by atoms with E-state index in [0.717, 1.165) is 25.2 Å². The molecule has 1 aromatic heterocycles. The third-order valence-corrected chi connectivity index (χ3v) is 3.55. The first kappa shape index (κ1) is 11.3. The lowest BCUT2D eigenvalue weighted by molar-refractivity contribution is 0.0445. The largest absolute Gasteiger partial charge is 0.439 e. The molecule has 3 rings (SSSR count). The summed E-state index contributed by atoms with van der Waals surface area (Å²) >= 11 is 0. The van der Waals surface area contributed by atoms with E-state index in [4.69, 9.17) is 4.74 Å². The Hall–Kier alpha value is -1.85. The van der Waals surface area contributed by atoms with Crippen LogP contribution in [0, 0.1) is 0 Å². The van der Waals surface area contributed by atoms with Gasteiger partial charge in [-0.1, -0.05) is 0 Å². The van der Waals surface area contributed by atoms with Gasteiger partial charge in [-0.15, -0.1) is 0 Å². The molecular formula is C12H16N4O2. The second-order valence-corrected chi connectivity index (χ2v) is 5.00. The van der Waals surface area contributed by atoms with Crippen molar-refractivity contribution < 1.29 is 9.53 Å². The van der Waals surface area contributed by atoms with Crippen LogP contribution in [0.2, 0.25) is 0 Å². The Labute approximate surface area is 106 Å². The van der Waals surface area contributed by atoms with Gasteiger partial charge in [0.1, 0.15) is 11.4 Å². The molecule has 1 atom stereocenters. The average molecular weight is 248 g/mol. The average Bonchev–Trinajstić information content (AvgIpc) is 2.65. The van der Waals surface area contributed by atoms with Crippen LogP contribution >= 0.6 is 0 Å². The molecule has 0 saturated carbocycles. The predicted octanol–water partition coefficient (Wildman–Crippen LogP) is 0.898. The molecule has 0 N–H and O–H groups in total. The summed E-state index contributed by atoms with van der Waals surface area (Å²) in [4.78, 5) is 23.7. The van der Waals surface area contributed by atoms with E-state index in [2.05, 4.69) is 14.9 Å². The van der Waals surface area contributed by atoms with E-state index in [1.165, 1.54) is 0 Å². The Kier molecular flexibility index (Phi) is 2.57. The number of likely N-dealkylation sites (N-methyl/N-ethyl adjacent to an activating group) is 1. The number of anilines is 1. The van der Waals surface area contributed by atoms with Gasteiger partial charge < -0.3 is 14.5 Å². The van der Waals surface area contributed by atoms with Gasteiger partial charge in [0, 0.05) is 26.0 Å². The highest BCUT2D eigenvalue weighted by Crippen LogP contribution is 2.32. The molecule has 3 heterocycles. The van der Waals surface area contributed by atoms with E-state index in [9.17, 15) is 4.79 Å². The van der Waals surface area contributed by atoms with Crippen molar-refractivity contribution in [3.05, 3.63) is 18.6 Å². The number of carbonyl (C=O) groups is 1. The lowest BCUT2D eigenvalue weighted by Gasteiger charge is -2.38. The van der Waals surface area contributed by atoms with Crippen LogP contribution in [0.15, 0.2) is 18.6 Å². The summed E-state index contributed by atoms with van der Waals surface area (Å²) in [7, 11) is 1.78. The van der Waals surface area contributed by atoms with Crippen LogP contribution in [-0.4, -0.2) is 53.2 Å². The van der Waals surface area contributed by atoms with Crippen LogP contribution in [0.3, 0.4) is 0 Å². The monoisotopic (exact) mass is 248 g/mol. The molecule has 2 aliphatic rings. The zero-order valence-electron chi connectivity index (χ0n) is 10.4. The molecule has 18 heavy (non-hydrogen) atoms. The lowest BCUT2D eigenvalue weighted by Crippen LogP contribution is -2.50. The van der Waals surface area contributed by atoms with Crippen molar-refractivity contribution in [2.45, 2.75) is 18.4 Å². The summed E-state index contributed by atoms with van der Waals surface area (Å²) in [5, 5.41) is 0. The molecule has 0 aromatic carbocycles. The maximum absolute atomic E-state index is 11.5. The van der Waals surface area contributed by atoms with Crippen molar-refractivity contribution >= 4 is 11.9 Å². The lowest BCUT2D eigenvalue weighted by atomic mass is 9.93. The van der Waals surface area contributed by atoms with Crippen LogP contribution in [0.5, 0.6) is 0 Å². The van der Waals surface area contributed by atoms with E-state index >= 15 is 0 Å². The second kappa shape index (κ2) is 4.12. The molecular weight excluding hydrogens is 232 g/mol. The van der Waals surface area contributed by atoms with Gasteiger partial charge in [0.25, 0.3) is 0 Å². The highest BCUT2D eigenvalue weighted by Gasteiger charge is 2.46. The third kappa shape index (κ3) is 1.87. The van der Waals surface area contributed by atoms with Gasteiger partial charge in [0.05, 0.1) is 19.3 Å². The van der Waals surface area contributed by atoms with E-state index in [1.54, 1.807) is 30.5 Å². The Balaban J connectivity index is 1.79. The highest BCUT2D eigenvalue weighted by atomic mass is 16.6. The van der Waals surface area contributed by atoms with Gasteiger partial charge in [-0.3, -0.25) is 4.98 Å². The number of piperidine rings is 1. The summed E-state index contributed by atoms with van der Waals surface area (Å²) in [6.45, 7) is 2.28. The second-order valence-electron chi connectivity index (χ2n) is 5.00. The highest BCUT2D eigenvalue weighted by molar-refractivity contribution is 5.70. The molecule has 1 amide bonds. The number of hydrogen-bond donors (Lipinski definition) is 0. The molecule has 1 spiro atoms. The number of nitrogens with zero attached hydrogens (tertiary/aromatic N) is 4. The van der Waals surface area contributed by atoms with Gasteiger partial charge in [0.15, 0.2) is 0 Å². The number of rotatable bonds is 1. The van der Waals surface area contributed by atoms with Gasteiger partial charge in [-0.05, 0) is 12.8 Å². The fraction of sp³-hybridized carbons (Fsp3) is 0.583. The summed E-state index contributed by atoms with van der Waals surface area (Å²) in [5.41, 5.74) is -0.373. The molecule has 96 valence electrons. The number of ether oxygens (including phenoxy) is 1. The standard InChI is InChI=1S/C12H16N4O2/c1-15-8-12(18-11(15)17)3-2-6-16(9-12)10-7-13-4-5-14-10/h4-5,7H,2-3,6,8-9H2,1H3/t12-/m1/s1. The first-order chi connectivity index (χ1) is 8.69. The molecule has 0 aliphatic carbocycles. The van der Waals surface area contributed by atoms with Crippen molar-refractivity contribution in [1.29, 1.82) is 0 Å². The molecule has 0 unspecified atom stereocenters. The Bertz CT molecular complexity index is 453. The summed E-state index contributed by atoms with van der Waals surface area (Å²) in [5.74, 6) is 0.849. The zero-order chi connectivity index (χ0) is 12.6. The molecule has 6 heteroatoms. The van der Waals surface area contributed by atoms with E-state index in [1.807, 2.05) is 0 Å². The zero-order valence-corrected chi connectivity index (χ0v) is 10.4. The maximum atomic E-state index is 11.5. The van der Waals surface area contributed by atoms with E-state index in [0.29, 0.717) is 13.1 Å². The van der Waals surface area contributed by atoms with Gasteiger partial charge in [0.2, 0.25) is 0 Å². The Morgan fingerprint density at radius 1 is 1.39 bits per heavy atom. The summed E-state index contributed by atoms with van der Waals surface area (Å²) < 4.78 is 5.55. The van der Waals surface area contributed by atoms with E-state index < -0.39 is 0 Å². The van der Waals surface area contributed by atoms with Gasteiger partial charge in [-0.2, -0.15) is 0 Å². The van der Waals surface area contributed by atoms with Gasteiger partial charge >= 0.3 is 6.09 Å². The fourth-order valence-electron chi connectivity index (χ4n) is 2.75. The predicted molar refractivity (Wildman–Crippen MR) is 65.3 cm³/mol. The first-order valence-corrected chi connectivity index (χ1v) is 6.14.